The number of carbonyl (C=O) groups excluding carboxylic acids is 2. The maximum absolute atomic E-state index is 12.5. The number of aromatic nitrogens is 1. The molecule has 1 N–H and O–H groups in total. The zero-order valence-electron chi connectivity index (χ0n) is 16.5. The summed E-state index contributed by atoms with van der Waals surface area (Å²) in [6, 6.07) is 9.29. The largest absolute Gasteiger partial charge is 0.452 e. The van der Waals surface area contributed by atoms with Gasteiger partial charge in [-0.2, -0.15) is 4.31 Å². The molecule has 0 unspecified atom stereocenters. The van der Waals surface area contributed by atoms with E-state index in [-0.39, 0.29) is 10.0 Å². The van der Waals surface area contributed by atoms with Crippen LogP contribution in [0.2, 0.25) is 5.15 Å². The van der Waals surface area contributed by atoms with E-state index in [1.807, 2.05) is 0 Å². The van der Waals surface area contributed by atoms with Crippen LogP contribution in [0.15, 0.2) is 53.6 Å². The van der Waals surface area contributed by atoms with Gasteiger partial charge in [0.25, 0.3) is 5.91 Å². The van der Waals surface area contributed by atoms with Gasteiger partial charge in [0.15, 0.2) is 11.8 Å². The maximum Gasteiger partial charge on any atom is 0.331 e. The van der Waals surface area contributed by atoms with Crippen LogP contribution in [-0.4, -0.2) is 49.3 Å². The first-order valence-electron chi connectivity index (χ1n) is 9.13. The first-order valence-corrected chi connectivity index (χ1v) is 10.9. The van der Waals surface area contributed by atoms with Crippen molar-refractivity contribution >= 4 is 45.3 Å². The summed E-state index contributed by atoms with van der Waals surface area (Å²) in [5, 5.41) is 2.61. The number of amides is 1. The van der Waals surface area contributed by atoms with Crippen LogP contribution in [0.25, 0.3) is 6.08 Å². The quantitative estimate of drug-likeness (QED) is 0.357. The van der Waals surface area contributed by atoms with Gasteiger partial charge in [0.05, 0.1) is 10.6 Å². The van der Waals surface area contributed by atoms with E-state index in [0.717, 1.165) is 6.08 Å². The van der Waals surface area contributed by atoms with Gasteiger partial charge in [0.2, 0.25) is 10.0 Å². The number of halogens is 1. The van der Waals surface area contributed by atoms with E-state index in [9.17, 15) is 18.0 Å². The minimum atomic E-state index is -3.54. The Hall–Kier alpha value is -2.75. The molecule has 0 spiro atoms. The van der Waals surface area contributed by atoms with Gasteiger partial charge in [-0.1, -0.05) is 37.6 Å². The maximum atomic E-state index is 12.5. The van der Waals surface area contributed by atoms with E-state index < -0.39 is 28.5 Å². The second-order valence-corrected chi connectivity index (χ2v) is 8.29. The number of rotatable bonds is 9. The number of sulfonamides is 1. The molecule has 0 saturated heterocycles. The molecule has 0 fully saturated rings. The average molecular weight is 452 g/mol. The van der Waals surface area contributed by atoms with Gasteiger partial charge in [-0.25, -0.2) is 18.2 Å². The molecule has 0 saturated carbocycles. The number of ether oxygens (including phenoxy) is 1. The molecule has 160 valence electrons. The van der Waals surface area contributed by atoms with Crippen LogP contribution < -0.4 is 5.32 Å². The van der Waals surface area contributed by atoms with Gasteiger partial charge >= 0.3 is 5.97 Å². The fraction of sp³-hybridized carbons (Fsp3) is 0.250. The minimum Gasteiger partial charge on any atom is -0.452 e. The molecule has 8 nitrogen and oxygen atoms in total. The highest BCUT2D eigenvalue weighted by Crippen LogP contribution is 2.18. The third-order valence-corrected chi connectivity index (χ3v) is 6.38. The van der Waals surface area contributed by atoms with Gasteiger partial charge in [0.1, 0.15) is 0 Å². The molecule has 0 aliphatic heterocycles. The number of carbonyl (C=O) groups is 2. The standard InChI is InChI=1S/C20H22ClN3O5S/c1-3-24(4-2)30(27,28)16-10-7-15(8-11-16)9-12-19(26)29-14-18(25)23-17-6-5-13-22-20(17)21/h5-13H,3-4,14H2,1-2H3,(H,23,25). The van der Waals surface area contributed by atoms with Gasteiger partial charge in [0, 0.05) is 25.4 Å². The highest BCUT2D eigenvalue weighted by atomic mass is 35.5. The molecule has 2 rings (SSSR count). The van der Waals surface area contributed by atoms with Gasteiger partial charge < -0.3 is 10.1 Å². The van der Waals surface area contributed by atoms with Crippen molar-refractivity contribution in [3.63, 3.8) is 0 Å². The summed E-state index contributed by atoms with van der Waals surface area (Å²) in [6.45, 7) is 3.82. The average Bonchev–Trinajstić information content (AvgIpc) is 2.73. The number of anilines is 1. The van der Waals surface area contributed by atoms with Crippen molar-refractivity contribution in [1.82, 2.24) is 9.29 Å². The van der Waals surface area contributed by atoms with E-state index in [0.29, 0.717) is 24.3 Å². The minimum absolute atomic E-state index is 0.128. The van der Waals surface area contributed by atoms with Crippen molar-refractivity contribution in [2.24, 2.45) is 0 Å². The number of nitrogens with zero attached hydrogens (tertiary/aromatic N) is 2. The fourth-order valence-electron chi connectivity index (χ4n) is 2.48. The van der Waals surface area contributed by atoms with Crippen LogP contribution in [0.4, 0.5) is 5.69 Å². The van der Waals surface area contributed by atoms with Crippen molar-refractivity contribution in [3.8, 4) is 0 Å². The molecule has 0 radical (unpaired) electrons. The first-order chi connectivity index (χ1) is 14.3. The van der Waals surface area contributed by atoms with Crippen LogP contribution in [0.5, 0.6) is 0 Å². The summed E-state index contributed by atoms with van der Waals surface area (Å²) in [6.07, 6.45) is 4.10. The molecule has 1 aromatic carbocycles. The smallest absolute Gasteiger partial charge is 0.331 e. The number of hydrogen-bond donors (Lipinski definition) is 1. The number of esters is 1. The summed E-state index contributed by atoms with van der Waals surface area (Å²) in [7, 11) is -3.54. The summed E-state index contributed by atoms with van der Waals surface area (Å²) < 4.78 is 31.1. The van der Waals surface area contributed by atoms with Gasteiger partial charge in [-0.15, -0.1) is 0 Å². The zero-order chi connectivity index (χ0) is 22.1. The van der Waals surface area contributed by atoms with Crippen molar-refractivity contribution in [1.29, 1.82) is 0 Å². The monoisotopic (exact) mass is 451 g/mol. The van der Waals surface area contributed by atoms with Crippen molar-refractivity contribution in [3.05, 3.63) is 59.4 Å². The van der Waals surface area contributed by atoms with Crippen molar-refractivity contribution in [2.75, 3.05) is 25.0 Å². The summed E-state index contributed by atoms with van der Waals surface area (Å²) in [5.41, 5.74) is 0.924. The lowest BCUT2D eigenvalue weighted by molar-refractivity contribution is -0.142. The Kier molecular flexibility index (Phi) is 8.52. The second-order valence-electron chi connectivity index (χ2n) is 5.99. The van der Waals surface area contributed by atoms with Gasteiger partial charge in [-0.05, 0) is 35.9 Å². The molecule has 1 heterocycles. The van der Waals surface area contributed by atoms with E-state index in [4.69, 9.17) is 16.3 Å². The topological polar surface area (TPSA) is 106 Å². The molecule has 2 aromatic rings. The number of pyridine rings is 1. The molecule has 10 heteroatoms. The normalized spacial score (nSPS) is 11.6. The third kappa shape index (κ3) is 6.38. The number of nitrogens with one attached hydrogen (secondary N) is 1. The lowest BCUT2D eigenvalue weighted by Gasteiger charge is -2.18. The SMILES string of the molecule is CCN(CC)S(=O)(=O)c1ccc(C=CC(=O)OCC(=O)Nc2cccnc2Cl)cc1. The number of benzene rings is 1. The molecule has 30 heavy (non-hydrogen) atoms. The number of hydrogen-bond acceptors (Lipinski definition) is 6. The zero-order valence-corrected chi connectivity index (χ0v) is 18.1. The third-order valence-electron chi connectivity index (χ3n) is 4.01. The Balaban J connectivity index is 1.90. The first kappa shape index (κ1) is 23.5. The molecular formula is C20H22ClN3O5S. The highest BCUT2D eigenvalue weighted by Gasteiger charge is 2.20. The molecule has 0 aliphatic rings. The Bertz CT molecular complexity index is 1020. The Morgan fingerprint density at radius 1 is 1.17 bits per heavy atom. The van der Waals surface area contributed by atoms with E-state index in [1.165, 1.54) is 28.7 Å². The van der Waals surface area contributed by atoms with E-state index in [1.54, 1.807) is 38.1 Å². The van der Waals surface area contributed by atoms with Crippen LogP contribution in [0.1, 0.15) is 19.4 Å². The van der Waals surface area contributed by atoms with E-state index >= 15 is 0 Å². The summed E-state index contributed by atoms with van der Waals surface area (Å²) in [5.74, 6) is -1.28. The van der Waals surface area contributed by atoms with E-state index in [2.05, 4.69) is 10.3 Å². The molecule has 1 aromatic heterocycles. The summed E-state index contributed by atoms with van der Waals surface area (Å²) in [4.78, 5) is 27.6. The second kappa shape index (κ2) is 10.9. The molecule has 0 bridgehead atoms. The van der Waals surface area contributed by atoms with Crippen LogP contribution >= 0.6 is 11.6 Å². The molecule has 1 amide bonds. The highest BCUT2D eigenvalue weighted by molar-refractivity contribution is 7.89. The summed E-state index contributed by atoms with van der Waals surface area (Å²) >= 11 is 5.84. The fourth-order valence-corrected chi connectivity index (χ4v) is 4.10. The molecule has 0 atom stereocenters. The Morgan fingerprint density at radius 2 is 1.83 bits per heavy atom. The lowest BCUT2D eigenvalue weighted by Crippen LogP contribution is -2.30. The van der Waals surface area contributed by atoms with Crippen LogP contribution in [0.3, 0.4) is 0 Å². The van der Waals surface area contributed by atoms with Gasteiger partial charge in [-0.3, -0.25) is 4.79 Å². The van der Waals surface area contributed by atoms with Crippen LogP contribution in [0, 0.1) is 0 Å². The molecular weight excluding hydrogens is 430 g/mol. The lowest BCUT2D eigenvalue weighted by atomic mass is 10.2. The predicted molar refractivity (Wildman–Crippen MR) is 114 cm³/mol. The predicted octanol–water partition coefficient (Wildman–Crippen LogP) is 2.96. The van der Waals surface area contributed by atoms with Crippen molar-refractivity contribution < 1.29 is 22.7 Å². The Labute approximate surface area is 180 Å². The van der Waals surface area contributed by atoms with Crippen molar-refractivity contribution in [2.45, 2.75) is 18.7 Å². The Morgan fingerprint density at radius 3 is 2.43 bits per heavy atom. The van der Waals surface area contributed by atoms with Crippen LogP contribution in [-0.2, 0) is 24.3 Å². The molecule has 0 aliphatic carbocycles.